The van der Waals surface area contributed by atoms with Gasteiger partial charge in [0.15, 0.2) is 0 Å². The number of aryl methyl sites for hydroxylation is 1. The van der Waals surface area contributed by atoms with Crippen LogP contribution in [0.3, 0.4) is 0 Å². The van der Waals surface area contributed by atoms with Crippen LogP contribution in [0.15, 0.2) is 22.7 Å². The maximum absolute atomic E-state index is 5.89. The molecule has 98 valence electrons. The molecule has 2 rings (SSSR count). The molecule has 0 amide bonds. The summed E-state index contributed by atoms with van der Waals surface area (Å²) in [6, 6.07) is 6.75. The first-order chi connectivity index (χ1) is 8.67. The molecule has 0 N–H and O–H groups in total. The summed E-state index contributed by atoms with van der Waals surface area (Å²) in [6.07, 6.45) is 3.16. The van der Waals surface area contributed by atoms with Crippen molar-refractivity contribution in [3.05, 3.63) is 28.5 Å². The van der Waals surface area contributed by atoms with Crippen LogP contribution in [-0.2, 0) is 6.42 Å². The van der Waals surface area contributed by atoms with Crippen LogP contribution in [0.1, 0.15) is 38.6 Å². The number of hydrogen-bond acceptors (Lipinski definition) is 1. The van der Waals surface area contributed by atoms with E-state index in [4.69, 9.17) is 16.6 Å². The third kappa shape index (κ3) is 2.72. The second kappa shape index (κ2) is 6.07. The Labute approximate surface area is 121 Å². The second-order valence-electron chi connectivity index (χ2n) is 4.61. The topological polar surface area (TPSA) is 17.8 Å². The molecule has 0 saturated heterocycles. The first kappa shape index (κ1) is 13.9. The standard InChI is InChI=1S/C14H18BrClN2/c1-3-4-10(2)18-13-6-5-11(15)9-12(13)17-14(18)7-8-16/h5-6,9-10H,3-4,7-8H2,1-2H3. The predicted octanol–water partition coefficient (Wildman–Crippen LogP) is 4.94. The predicted molar refractivity (Wildman–Crippen MR) is 81.5 cm³/mol. The van der Waals surface area contributed by atoms with E-state index in [9.17, 15) is 0 Å². The van der Waals surface area contributed by atoms with Crippen LogP contribution in [0.4, 0.5) is 0 Å². The number of benzene rings is 1. The van der Waals surface area contributed by atoms with Gasteiger partial charge in [0.05, 0.1) is 11.0 Å². The fourth-order valence-electron chi connectivity index (χ4n) is 2.42. The lowest BCUT2D eigenvalue weighted by molar-refractivity contribution is 0.496. The molecular formula is C14H18BrClN2. The molecule has 0 aliphatic rings. The van der Waals surface area contributed by atoms with Gasteiger partial charge in [-0.1, -0.05) is 29.3 Å². The Balaban J connectivity index is 2.54. The molecule has 1 aromatic heterocycles. The van der Waals surface area contributed by atoms with Crippen molar-refractivity contribution in [3.63, 3.8) is 0 Å². The monoisotopic (exact) mass is 328 g/mol. The Bertz CT molecular complexity index is 536. The van der Waals surface area contributed by atoms with Gasteiger partial charge in [-0.3, -0.25) is 0 Å². The van der Waals surface area contributed by atoms with Gasteiger partial charge in [-0.2, -0.15) is 0 Å². The van der Waals surface area contributed by atoms with Gasteiger partial charge in [0, 0.05) is 22.8 Å². The van der Waals surface area contributed by atoms with Gasteiger partial charge in [-0.15, -0.1) is 11.6 Å². The van der Waals surface area contributed by atoms with E-state index in [1.54, 1.807) is 0 Å². The molecule has 0 saturated carbocycles. The van der Waals surface area contributed by atoms with Crippen molar-refractivity contribution in [2.24, 2.45) is 0 Å². The lowest BCUT2D eigenvalue weighted by Gasteiger charge is -2.16. The number of alkyl halides is 1. The van der Waals surface area contributed by atoms with Gasteiger partial charge in [0.1, 0.15) is 5.82 Å². The Kier molecular flexibility index (Phi) is 4.68. The normalized spacial score (nSPS) is 13.1. The molecule has 0 bridgehead atoms. The average Bonchev–Trinajstić information content (AvgIpc) is 2.67. The van der Waals surface area contributed by atoms with E-state index in [-0.39, 0.29) is 0 Å². The molecule has 0 aliphatic heterocycles. The molecule has 0 fully saturated rings. The minimum Gasteiger partial charge on any atom is -0.325 e. The molecule has 2 aromatic rings. The summed E-state index contributed by atoms with van der Waals surface area (Å²) >= 11 is 9.38. The minimum absolute atomic E-state index is 0.472. The van der Waals surface area contributed by atoms with Crippen molar-refractivity contribution < 1.29 is 0 Å². The first-order valence-corrected chi connectivity index (χ1v) is 7.72. The van der Waals surface area contributed by atoms with Crippen molar-refractivity contribution in [1.29, 1.82) is 0 Å². The highest BCUT2D eigenvalue weighted by molar-refractivity contribution is 9.10. The van der Waals surface area contributed by atoms with Crippen molar-refractivity contribution in [1.82, 2.24) is 9.55 Å². The smallest absolute Gasteiger partial charge is 0.111 e. The van der Waals surface area contributed by atoms with E-state index in [0.29, 0.717) is 11.9 Å². The third-order valence-corrected chi connectivity index (χ3v) is 3.87. The molecular weight excluding hydrogens is 312 g/mol. The van der Waals surface area contributed by atoms with E-state index in [1.807, 2.05) is 0 Å². The maximum atomic E-state index is 5.89. The summed E-state index contributed by atoms with van der Waals surface area (Å²) < 4.78 is 3.41. The van der Waals surface area contributed by atoms with Crippen LogP contribution in [0.5, 0.6) is 0 Å². The maximum Gasteiger partial charge on any atom is 0.111 e. The summed E-state index contributed by atoms with van der Waals surface area (Å²) in [7, 11) is 0. The van der Waals surface area contributed by atoms with Crippen LogP contribution in [0.2, 0.25) is 0 Å². The van der Waals surface area contributed by atoms with Crippen LogP contribution >= 0.6 is 27.5 Å². The Morgan fingerprint density at radius 3 is 2.89 bits per heavy atom. The van der Waals surface area contributed by atoms with E-state index in [2.05, 4.69) is 52.5 Å². The van der Waals surface area contributed by atoms with Gasteiger partial charge >= 0.3 is 0 Å². The number of rotatable bonds is 5. The van der Waals surface area contributed by atoms with E-state index >= 15 is 0 Å². The summed E-state index contributed by atoms with van der Waals surface area (Å²) in [5.74, 6) is 1.71. The Morgan fingerprint density at radius 1 is 1.44 bits per heavy atom. The molecule has 1 atom stereocenters. The van der Waals surface area contributed by atoms with Crippen molar-refractivity contribution in [3.8, 4) is 0 Å². The average molecular weight is 330 g/mol. The van der Waals surface area contributed by atoms with E-state index in [1.165, 1.54) is 11.9 Å². The van der Waals surface area contributed by atoms with Crippen LogP contribution in [0.25, 0.3) is 11.0 Å². The first-order valence-electron chi connectivity index (χ1n) is 6.39. The zero-order valence-electron chi connectivity index (χ0n) is 10.8. The van der Waals surface area contributed by atoms with Crippen LogP contribution in [-0.4, -0.2) is 15.4 Å². The van der Waals surface area contributed by atoms with E-state index in [0.717, 1.165) is 28.7 Å². The molecule has 1 unspecified atom stereocenters. The van der Waals surface area contributed by atoms with Crippen molar-refractivity contribution in [2.75, 3.05) is 5.88 Å². The number of imidazole rings is 1. The fraction of sp³-hybridized carbons (Fsp3) is 0.500. The highest BCUT2D eigenvalue weighted by Gasteiger charge is 2.15. The van der Waals surface area contributed by atoms with Gasteiger partial charge < -0.3 is 4.57 Å². The highest BCUT2D eigenvalue weighted by Crippen LogP contribution is 2.26. The summed E-state index contributed by atoms with van der Waals surface area (Å²) in [5.41, 5.74) is 2.26. The number of hydrogen-bond donors (Lipinski definition) is 0. The SMILES string of the molecule is CCCC(C)n1c(CCCl)nc2cc(Br)ccc21. The summed E-state index contributed by atoms with van der Waals surface area (Å²) in [6.45, 7) is 4.47. The zero-order chi connectivity index (χ0) is 13.1. The molecule has 0 spiro atoms. The Morgan fingerprint density at radius 2 is 2.22 bits per heavy atom. The van der Waals surface area contributed by atoms with Gasteiger partial charge in [-0.25, -0.2) is 4.98 Å². The lowest BCUT2D eigenvalue weighted by atomic mass is 10.2. The Hall–Kier alpha value is -0.540. The number of aromatic nitrogens is 2. The number of nitrogens with zero attached hydrogens (tertiary/aromatic N) is 2. The largest absolute Gasteiger partial charge is 0.325 e. The molecule has 1 aromatic carbocycles. The highest BCUT2D eigenvalue weighted by atomic mass is 79.9. The van der Waals surface area contributed by atoms with Gasteiger partial charge in [0.2, 0.25) is 0 Å². The molecule has 18 heavy (non-hydrogen) atoms. The minimum atomic E-state index is 0.472. The van der Waals surface area contributed by atoms with Crippen molar-refractivity contribution >= 4 is 38.6 Å². The van der Waals surface area contributed by atoms with Crippen LogP contribution in [0, 0.1) is 0 Å². The third-order valence-electron chi connectivity index (χ3n) is 3.19. The quantitative estimate of drug-likeness (QED) is 0.710. The summed E-state index contributed by atoms with van der Waals surface area (Å²) in [5, 5.41) is 0. The molecule has 1 heterocycles. The van der Waals surface area contributed by atoms with Crippen LogP contribution < -0.4 is 0 Å². The number of fused-ring (bicyclic) bond motifs is 1. The fourth-order valence-corrected chi connectivity index (χ4v) is 2.94. The molecule has 0 radical (unpaired) electrons. The lowest BCUT2D eigenvalue weighted by Crippen LogP contribution is -2.09. The van der Waals surface area contributed by atoms with Gasteiger partial charge in [0.25, 0.3) is 0 Å². The molecule has 0 aliphatic carbocycles. The van der Waals surface area contributed by atoms with E-state index < -0.39 is 0 Å². The zero-order valence-corrected chi connectivity index (χ0v) is 13.1. The number of halogens is 2. The molecule has 4 heteroatoms. The second-order valence-corrected chi connectivity index (χ2v) is 5.90. The van der Waals surface area contributed by atoms with Crippen molar-refractivity contribution in [2.45, 2.75) is 39.2 Å². The molecule has 2 nitrogen and oxygen atoms in total. The van der Waals surface area contributed by atoms with Gasteiger partial charge in [-0.05, 0) is 31.5 Å². The summed E-state index contributed by atoms with van der Waals surface area (Å²) in [4.78, 5) is 4.72.